The van der Waals surface area contributed by atoms with E-state index >= 15 is 0 Å². The lowest BCUT2D eigenvalue weighted by molar-refractivity contribution is 0.560. The van der Waals surface area contributed by atoms with Crippen molar-refractivity contribution in [1.82, 2.24) is 29.8 Å². The van der Waals surface area contributed by atoms with Crippen LogP contribution in [-0.4, -0.2) is 29.8 Å². The number of hydrogen-bond donors (Lipinski definition) is 1. The van der Waals surface area contributed by atoms with Crippen LogP contribution in [0, 0.1) is 0 Å². The van der Waals surface area contributed by atoms with Gasteiger partial charge in [-0.3, -0.25) is 9.13 Å². The molecule has 0 amide bonds. The van der Waals surface area contributed by atoms with Gasteiger partial charge in [-0.15, -0.1) is 5.10 Å². The molecule has 0 spiro atoms. The Morgan fingerprint density at radius 3 is 2.42 bits per heavy atom. The van der Waals surface area contributed by atoms with Gasteiger partial charge in [-0.1, -0.05) is 61.9 Å². The van der Waals surface area contributed by atoms with E-state index in [0.29, 0.717) is 12.4 Å². The molecule has 0 unspecified atom stereocenters. The molecule has 0 bridgehead atoms. The summed E-state index contributed by atoms with van der Waals surface area (Å²) in [5.74, 6) is 0.641. The zero-order valence-corrected chi connectivity index (χ0v) is 18.2. The average Bonchev–Trinajstić information content (AvgIpc) is 3.42. The van der Waals surface area contributed by atoms with Gasteiger partial charge < -0.3 is 0 Å². The summed E-state index contributed by atoms with van der Waals surface area (Å²) in [5.41, 5.74) is 5.35. The largest absolute Gasteiger partial charge is 0.328 e. The fourth-order valence-corrected chi connectivity index (χ4v) is 3.83. The summed E-state index contributed by atoms with van der Waals surface area (Å²) in [6.07, 6.45) is 5.13. The molecule has 0 atom stereocenters. The number of aryl methyl sites for hydroxylation is 1. The highest BCUT2D eigenvalue weighted by atomic mass is 16.1. The van der Waals surface area contributed by atoms with Crippen LogP contribution in [0.4, 0.5) is 0 Å². The van der Waals surface area contributed by atoms with E-state index in [2.05, 4.69) is 57.9 Å². The van der Waals surface area contributed by atoms with Crippen LogP contribution in [0.15, 0.2) is 59.5 Å². The number of aromatic nitrogens is 6. The molecule has 0 fully saturated rings. The van der Waals surface area contributed by atoms with Gasteiger partial charge in [-0.2, -0.15) is 0 Å². The number of benzene rings is 2. The van der Waals surface area contributed by atoms with Crippen molar-refractivity contribution in [3.8, 4) is 22.5 Å². The molecule has 2 heterocycles. The van der Waals surface area contributed by atoms with E-state index in [1.54, 1.807) is 0 Å². The van der Waals surface area contributed by atoms with Crippen molar-refractivity contribution in [2.24, 2.45) is 0 Å². The standard InChI is InChI=1S/C24H28N6O/c1-4-5-8-20-16-29(17(2)3)24(31)30(20)15-18-11-13-19(14-12-18)21-9-6-7-10-22(21)23-25-27-28-26-23/h6-7,9-14,16-17H,4-5,8,15H2,1-3H3,(H,25,26,27,28). The third-order valence-corrected chi connectivity index (χ3v) is 5.56. The second-order valence-electron chi connectivity index (χ2n) is 8.09. The molecule has 2 aromatic heterocycles. The molecule has 4 rings (SSSR count). The molecular formula is C24H28N6O. The average molecular weight is 417 g/mol. The third kappa shape index (κ3) is 4.35. The van der Waals surface area contributed by atoms with Gasteiger partial charge in [-0.25, -0.2) is 9.89 Å². The summed E-state index contributed by atoms with van der Waals surface area (Å²) >= 11 is 0. The SMILES string of the molecule is CCCCc1cn(C(C)C)c(=O)n1Cc1ccc(-c2ccccc2-c2nnn[nH]2)cc1. The maximum absolute atomic E-state index is 13.0. The molecule has 2 aromatic carbocycles. The quantitative estimate of drug-likeness (QED) is 0.459. The summed E-state index contributed by atoms with van der Waals surface area (Å²) in [6.45, 7) is 6.84. The number of aromatic amines is 1. The Morgan fingerprint density at radius 2 is 1.77 bits per heavy atom. The van der Waals surface area contributed by atoms with Gasteiger partial charge in [0.25, 0.3) is 0 Å². The van der Waals surface area contributed by atoms with Crippen LogP contribution in [-0.2, 0) is 13.0 Å². The lowest BCUT2D eigenvalue weighted by Crippen LogP contribution is -2.26. The maximum atomic E-state index is 13.0. The van der Waals surface area contributed by atoms with E-state index in [0.717, 1.165) is 47.2 Å². The monoisotopic (exact) mass is 416 g/mol. The van der Waals surface area contributed by atoms with Gasteiger partial charge in [0, 0.05) is 23.5 Å². The summed E-state index contributed by atoms with van der Waals surface area (Å²) in [7, 11) is 0. The fraction of sp³-hybridized carbons (Fsp3) is 0.333. The molecule has 7 heteroatoms. The summed E-state index contributed by atoms with van der Waals surface area (Å²) in [4.78, 5) is 13.0. The number of nitrogens with one attached hydrogen (secondary N) is 1. The van der Waals surface area contributed by atoms with Crippen LogP contribution >= 0.6 is 0 Å². The van der Waals surface area contributed by atoms with Crippen LogP contribution in [0.2, 0.25) is 0 Å². The molecule has 0 saturated carbocycles. The number of imidazole rings is 1. The van der Waals surface area contributed by atoms with Gasteiger partial charge in [0.1, 0.15) is 0 Å². The maximum Gasteiger partial charge on any atom is 0.328 e. The van der Waals surface area contributed by atoms with Gasteiger partial charge >= 0.3 is 5.69 Å². The number of hydrogen-bond acceptors (Lipinski definition) is 4. The van der Waals surface area contributed by atoms with Crippen LogP contribution in [0.5, 0.6) is 0 Å². The number of nitrogens with zero attached hydrogens (tertiary/aromatic N) is 5. The number of tetrazole rings is 1. The van der Waals surface area contributed by atoms with Crippen molar-refractivity contribution in [2.45, 2.75) is 52.6 Å². The molecule has 0 radical (unpaired) electrons. The van der Waals surface area contributed by atoms with Crippen LogP contribution in [0.1, 0.15) is 50.9 Å². The number of H-pyrrole nitrogens is 1. The Balaban J connectivity index is 1.63. The summed E-state index contributed by atoms with van der Waals surface area (Å²) in [6, 6.07) is 16.6. The highest BCUT2D eigenvalue weighted by Gasteiger charge is 2.14. The van der Waals surface area contributed by atoms with Gasteiger partial charge in [0.2, 0.25) is 0 Å². The van der Waals surface area contributed by atoms with Crippen molar-refractivity contribution in [3.63, 3.8) is 0 Å². The Bertz CT molecular complexity index is 1190. The molecule has 31 heavy (non-hydrogen) atoms. The molecule has 1 N–H and O–H groups in total. The molecule has 4 aromatic rings. The van der Waals surface area contributed by atoms with E-state index in [1.807, 2.05) is 47.4 Å². The zero-order valence-electron chi connectivity index (χ0n) is 18.2. The van der Waals surface area contributed by atoms with Gasteiger partial charge in [0.05, 0.1) is 6.54 Å². The normalized spacial score (nSPS) is 11.4. The van der Waals surface area contributed by atoms with E-state index in [1.165, 1.54) is 0 Å². The van der Waals surface area contributed by atoms with Crippen molar-refractivity contribution in [3.05, 3.63) is 76.5 Å². The van der Waals surface area contributed by atoms with Crippen molar-refractivity contribution in [2.75, 3.05) is 0 Å². The Hall–Kier alpha value is -3.48. The first kappa shape index (κ1) is 20.8. The van der Waals surface area contributed by atoms with Crippen molar-refractivity contribution >= 4 is 0 Å². The van der Waals surface area contributed by atoms with E-state index in [9.17, 15) is 4.79 Å². The second-order valence-corrected chi connectivity index (χ2v) is 8.09. The molecule has 160 valence electrons. The number of rotatable bonds is 8. The minimum atomic E-state index is 0.0633. The highest BCUT2D eigenvalue weighted by Crippen LogP contribution is 2.29. The van der Waals surface area contributed by atoms with Crippen molar-refractivity contribution in [1.29, 1.82) is 0 Å². The first-order valence-corrected chi connectivity index (χ1v) is 10.8. The van der Waals surface area contributed by atoms with E-state index in [-0.39, 0.29) is 11.7 Å². The van der Waals surface area contributed by atoms with Crippen molar-refractivity contribution < 1.29 is 0 Å². The molecule has 7 nitrogen and oxygen atoms in total. The third-order valence-electron chi connectivity index (χ3n) is 5.56. The summed E-state index contributed by atoms with van der Waals surface area (Å²) in [5, 5.41) is 14.3. The molecule has 0 aliphatic carbocycles. The lowest BCUT2D eigenvalue weighted by atomic mass is 9.98. The smallest absolute Gasteiger partial charge is 0.296 e. The van der Waals surface area contributed by atoms with E-state index in [4.69, 9.17) is 0 Å². The van der Waals surface area contributed by atoms with Gasteiger partial charge in [0.15, 0.2) is 5.82 Å². The predicted molar refractivity (Wildman–Crippen MR) is 122 cm³/mol. The predicted octanol–water partition coefficient (Wildman–Crippen LogP) is 4.47. The first-order chi connectivity index (χ1) is 15.1. The lowest BCUT2D eigenvalue weighted by Gasteiger charge is -2.10. The number of unbranched alkanes of at least 4 members (excludes halogenated alkanes) is 1. The molecule has 0 aliphatic rings. The second kappa shape index (κ2) is 9.12. The van der Waals surface area contributed by atoms with Gasteiger partial charge in [-0.05, 0) is 53.8 Å². The Labute approximate surface area is 181 Å². The van der Waals surface area contributed by atoms with E-state index < -0.39 is 0 Å². The summed E-state index contributed by atoms with van der Waals surface area (Å²) < 4.78 is 3.75. The highest BCUT2D eigenvalue weighted by molar-refractivity contribution is 5.80. The molecule has 0 aliphatic heterocycles. The van der Waals surface area contributed by atoms with Crippen LogP contribution < -0.4 is 5.69 Å². The Kier molecular flexibility index (Phi) is 6.11. The minimum absolute atomic E-state index is 0.0633. The van der Waals surface area contributed by atoms with Crippen LogP contribution in [0.25, 0.3) is 22.5 Å². The zero-order chi connectivity index (χ0) is 21.8. The van der Waals surface area contributed by atoms with Crippen LogP contribution in [0.3, 0.4) is 0 Å². The Morgan fingerprint density at radius 1 is 1.03 bits per heavy atom. The molecule has 0 saturated heterocycles. The topological polar surface area (TPSA) is 81.4 Å². The minimum Gasteiger partial charge on any atom is -0.296 e. The molecular weight excluding hydrogens is 388 g/mol. The fourth-order valence-electron chi connectivity index (χ4n) is 3.83. The first-order valence-electron chi connectivity index (χ1n) is 10.8.